The molecular weight excluding hydrogens is 312 g/mol. The maximum atomic E-state index is 13.0. The monoisotopic (exact) mass is 330 g/mol. The SMILES string of the molecule is CNCC1CCCN1C(=O)c1cc(=O)[nH]c2ccc([N+](=O)[O-])cc12. The number of carbonyl (C=O) groups excluding carboxylic acids is 1. The molecule has 0 spiro atoms. The lowest BCUT2D eigenvalue weighted by Gasteiger charge is -2.25. The molecule has 0 bridgehead atoms. The van der Waals surface area contributed by atoms with Crippen molar-refractivity contribution >= 4 is 22.5 Å². The summed E-state index contributed by atoms with van der Waals surface area (Å²) in [6, 6.07) is 5.40. The largest absolute Gasteiger partial charge is 0.334 e. The number of non-ortho nitro benzene ring substituents is 1. The number of nitrogens with one attached hydrogen (secondary N) is 2. The number of nitrogens with zero attached hydrogens (tertiary/aromatic N) is 2. The highest BCUT2D eigenvalue weighted by atomic mass is 16.6. The summed E-state index contributed by atoms with van der Waals surface area (Å²) in [5.74, 6) is -0.260. The summed E-state index contributed by atoms with van der Waals surface area (Å²) in [6.07, 6.45) is 1.80. The zero-order chi connectivity index (χ0) is 17.3. The van der Waals surface area contributed by atoms with Crippen molar-refractivity contribution in [1.82, 2.24) is 15.2 Å². The Bertz CT molecular complexity index is 861. The van der Waals surface area contributed by atoms with Gasteiger partial charge in [0.1, 0.15) is 0 Å². The number of nitro benzene ring substituents is 1. The van der Waals surface area contributed by atoms with E-state index in [1.165, 1.54) is 24.3 Å². The Morgan fingerprint density at radius 1 is 1.46 bits per heavy atom. The number of aromatic nitrogens is 1. The second kappa shape index (κ2) is 6.40. The maximum Gasteiger partial charge on any atom is 0.270 e. The molecule has 1 atom stereocenters. The summed E-state index contributed by atoms with van der Waals surface area (Å²) in [7, 11) is 1.83. The average Bonchev–Trinajstić information content (AvgIpc) is 3.01. The lowest BCUT2D eigenvalue weighted by molar-refractivity contribution is -0.384. The third-order valence-corrected chi connectivity index (χ3v) is 4.35. The van der Waals surface area contributed by atoms with Gasteiger partial charge in [-0.3, -0.25) is 19.7 Å². The van der Waals surface area contributed by atoms with Gasteiger partial charge in [-0.25, -0.2) is 0 Å². The molecule has 8 heteroatoms. The molecule has 8 nitrogen and oxygen atoms in total. The van der Waals surface area contributed by atoms with Gasteiger partial charge in [-0.15, -0.1) is 0 Å². The molecule has 126 valence electrons. The molecule has 1 aliphatic heterocycles. The predicted molar refractivity (Wildman–Crippen MR) is 89.2 cm³/mol. The highest BCUT2D eigenvalue weighted by Crippen LogP contribution is 2.25. The molecule has 1 saturated heterocycles. The van der Waals surface area contributed by atoms with E-state index in [2.05, 4.69) is 10.3 Å². The minimum absolute atomic E-state index is 0.0653. The summed E-state index contributed by atoms with van der Waals surface area (Å²) >= 11 is 0. The normalized spacial score (nSPS) is 17.4. The number of amides is 1. The summed E-state index contributed by atoms with van der Waals surface area (Å²) in [5.41, 5.74) is 0.113. The zero-order valence-corrected chi connectivity index (χ0v) is 13.2. The molecule has 1 fully saturated rings. The molecule has 2 N–H and O–H groups in total. The molecule has 0 radical (unpaired) electrons. The van der Waals surface area contributed by atoms with Crippen molar-refractivity contribution in [2.24, 2.45) is 0 Å². The summed E-state index contributed by atoms with van der Waals surface area (Å²) in [6.45, 7) is 1.29. The summed E-state index contributed by atoms with van der Waals surface area (Å²) in [5, 5.41) is 14.5. The number of H-pyrrole nitrogens is 1. The highest BCUT2D eigenvalue weighted by Gasteiger charge is 2.30. The van der Waals surface area contributed by atoms with Crippen LogP contribution in [0.3, 0.4) is 0 Å². The third kappa shape index (κ3) is 2.88. The molecule has 3 rings (SSSR count). The molecule has 1 aromatic carbocycles. The van der Waals surface area contributed by atoms with Crippen LogP contribution in [0.15, 0.2) is 29.1 Å². The van der Waals surface area contributed by atoms with Crippen molar-refractivity contribution in [3.63, 3.8) is 0 Å². The first-order chi connectivity index (χ1) is 11.5. The summed E-state index contributed by atoms with van der Waals surface area (Å²) in [4.78, 5) is 39.7. The van der Waals surface area contributed by atoms with E-state index in [0.29, 0.717) is 24.0 Å². The number of nitro groups is 1. The van der Waals surface area contributed by atoms with Crippen LogP contribution in [0.1, 0.15) is 23.2 Å². The van der Waals surface area contributed by atoms with Gasteiger partial charge in [0, 0.05) is 48.2 Å². The maximum absolute atomic E-state index is 13.0. The molecule has 1 unspecified atom stereocenters. The molecule has 2 aromatic rings. The Kier molecular flexibility index (Phi) is 4.30. The fourth-order valence-electron chi connectivity index (χ4n) is 3.24. The van der Waals surface area contributed by atoms with Crippen LogP contribution in [0.25, 0.3) is 10.9 Å². The zero-order valence-electron chi connectivity index (χ0n) is 13.2. The molecule has 0 saturated carbocycles. The Balaban J connectivity index is 2.10. The first kappa shape index (κ1) is 16.1. The second-order valence-electron chi connectivity index (χ2n) is 5.89. The van der Waals surface area contributed by atoms with Crippen molar-refractivity contribution in [3.05, 3.63) is 50.3 Å². The van der Waals surface area contributed by atoms with Crippen LogP contribution < -0.4 is 10.9 Å². The third-order valence-electron chi connectivity index (χ3n) is 4.35. The lowest BCUT2D eigenvalue weighted by Crippen LogP contribution is -2.41. The van der Waals surface area contributed by atoms with Gasteiger partial charge in [-0.1, -0.05) is 0 Å². The van der Waals surface area contributed by atoms with Gasteiger partial charge in [-0.05, 0) is 26.0 Å². The quantitative estimate of drug-likeness (QED) is 0.648. The van der Waals surface area contributed by atoms with Crippen LogP contribution in [0.5, 0.6) is 0 Å². The number of pyridine rings is 1. The van der Waals surface area contributed by atoms with E-state index in [-0.39, 0.29) is 23.2 Å². The predicted octanol–water partition coefficient (Wildman–Crippen LogP) is 1.26. The van der Waals surface area contributed by atoms with E-state index in [1.807, 2.05) is 7.05 Å². The van der Waals surface area contributed by atoms with E-state index in [4.69, 9.17) is 0 Å². The molecule has 1 aromatic heterocycles. The van der Waals surface area contributed by atoms with Crippen LogP contribution in [-0.2, 0) is 0 Å². The van der Waals surface area contributed by atoms with Crippen LogP contribution in [0.2, 0.25) is 0 Å². The number of hydrogen-bond donors (Lipinski definition) is 2. The number of likely N-dealkylation sites (tertiary alicyclic amines) is 1. The number of likely N-dealkylation sites (N-methyl/N-ethyl adjacent to an activating group) is 1. The number of fused-ring (bicyclic) bond motifs is 1. The fourth-order valence-corrected chi connectivity index (χ4v) is 3.24. The van der Waals surface area contributed by atoms with Crippen molar-refractivity contribution in [1.29, 1.82) is 0 Å². The Morgan fingerprint density at radius 2 is 2.25 bits per heavy atom. The van der Waals surface area contributed by atoms with Crippen LogP contribution in [-0.4, -0.2) is 46.9 Å². The number of hydrogen-bond acceptors (Lipinski definition) is 5. The van der Waals surface area contributed by atoms with Crippen molar-refractivity contribution in [3.8, 4) is 0 Å². The minimum Gasteiger partial charge on any atom is -0.334 e. The van der Waals surface area contributed by atoms with Gasteiger partial charge in [-0.2, -0.15) is 0 Å². The topological polar surface area (TPSA) is 108 Å². The van der Waals surface area contributed by atoms with E-state index >= 15 is 0 Å². The smallest absolute Gasteiger partial charge is 0.270 e. The first-order valence-corrected chi connectivity index (χ1v) is 7.78. The Morgan fingerprint density at radius 3 is 2.96 bits per heavy atom. The number of carbonyl (C=O) groups is 1. The Hall–Kier alpha value is -2.74. The molecule has 0 aliphatic carbocycles. The van der Waals surface area contributed by atoms with Gasteiger partial charge in [0.05, 0.1) is 10.5 Å². The molecule has 1 aliphatic rings. The van der Waals surface area contributed by atoms with E-state index in [0.717, 1.165) is 12.8 Å². The molecule has 24 heavy (non-hydrogen) atoms. The number of rotatable bonds is 4. The van der Waals surface area contributed by atoms with Gasteiger partial charge < -0.3 is 15.2 Å². The van der Waals surface area contributed by atoms with E-state index in [9.17, 15) is 19.7 Å². The van der Waals surface area contributed by atoms with E-state index < -0.39 is 10.5 Å². The van der Waals surface area contributed by atoms with Crippen molar-refractivity contribution in [2.45, 2.75) is 18.9 Å². The number of benzene rings is 1. The highest BCUT2D eigenvalue weighted by molar-refractivity contribution is 6.06. The van der Waals surface area contributed by atoms with Gasteiger partial charge >= 0.3 is 0 Å². The van der Waals surface area contributed by atoms with Crippen LogP contribution >= 0.6 is 0 Å². The van der Waals surface area contributed by atoms with Crippen LogP contribution in [0.4, 0.5) is 5.69 Å². The van der Waals surface area contributed by atoms with Crippen molar-refractivity contribution < 1.29 is 9.72 Å². The fraction of sp³-hybridized carbons (Fsp3) is 0.375. The van der Waals surface area contributed by atoms with Crippen LogP contribution in [0, 0.1) is 10.1 Å². The second-order valence-corrected chi connectivity index (χ2v) is 5.89. The van der Waals surface area contributed by atoms with Gasteiger partial charge in [0.15, 0.2) is 0 Å². The first-order valence-electron chi connectivity index (χ1n) is 7.78. The molecule has 2 heterocycles. The average molecular weight is 330 g/mol. The van der Waals surface area contributed by atoms with Crippen molar-refractivity contribution in [2.75, 3.05) is 20.1 Å². The lowest BCUT2D eigenvalue weighted by atomic mass is 10.1. The minimum atomic E-state index is -0.515. The van der Waals surface area contributed by atoms with Gasteiger partial charge in [0.25, 0.3) is 11.6 Å². The summed E-state index contributed by atoms with van der Waals surface area (Å²) < 4.78 is 0. The molecular formula is C16H18N4O4. The Labute approximate surface area is 137 Å². The number of aromatic amines is 1. The van der Waals surface area contributed by atoms with E-state index in [1.54, 1.807) is 4.90 Å². The molecule has 1 amide bonds. The van der Waals surface area contributed by atoms with Gasteiger partial charge in [0.2, 0.25) is 5.56 Å². The standard InChI is InChI=1S/C16H18N4O4/c1-17-9-11-3-2-6-19(11)16(22)13-8-15(21)18-14-5-4-10(20(23)24)7-12(13)14/h4-5,7-8,11,17H,2-3,6,9H2,1H3,(H,18,21).